The minimum absolute atomic E-state index is 0.266. The van der Waals surface area contributed by atoms with Crippen molar-refractivity contribution in [1.82, 2.24) is 5.32 Å². The average Bonchev–Trinajstić information content (AvgIpc) is 3.03. The molecular formula is C40H71NO5S. The molecule has 0 saturated heterocycles. The summed E-state index contributed by atoms with van der Waals surface area (Å²) in [5.74, 6) is -1.03. The number of aliphatic hydroxyl groups is 1. The van der Waals surface area contributed by atoms with E-state index in [1.54, 1.807) is 6.08 Å². The molecule has 0 aromatic heterocycles. The first-order chi connectivity index (χ1) is 22.8. The third-order valence-electron chi connectivity index (χ3n) is 8.14. The van der Waals surface area contributed by atoms with Gasteiger partial charge < -0.3 is 10.4 Å². The first-order valence-electron chi connectivity index (χ1n) is 19.0. The molecule has 272 valence electrons. The van der Waals surface area contributed by atoms with Crippen LogP contribution >= 0.6 is 0 Å². The van der Waals surface area contributed by atoms with Gasteiger partial charge in [0.1, 0.15) is 0 Å². The summed E-state index contributed by atoms with van der Waals surface area (Å²) in [6, 6.07) is -1.09. The Bertz CT molecular complexity index is 967. The minimum atomic E-state index is -4.36. The van der Waals surface area contributed by atoms with Gasteiger partial charge in [-0.2, -0.15) is 8.42 Å². The molecule has 0 radical (unpaired) electrons. The third kappa shape index (κ3) is 35.2. The Morgan fingerprint density at radius 1 is 0.574 bits per heavy atom. The highest BCUT2D eigenvalue weighted by atomic mass is 32.2. The number of unbranched alkanes of at least 4 members (excludes halogenated alkanes) is 17. The van der Waals surface area contributed by atoms with E-state index in [4.69, 9.17) is 0 Å². The lowest BCUT2D eigenvalue weighted by Crippen LogP contribution is -2.46. The maximum absolute atomic E-state index is 12.5. The monoisotopic (exact) mass is 678 g/mol. The Morgan fingerprint density at radius 3 is 1.51 bits per heavy atom. The van der Waals surface area contributed by atoms with E-state index in [1.807, 2.05) is 0 Å². The minimum Gasteiger partial charge on any atom is -0.387 e. The highest BCUT2D eigenvalue weighted by Gasteiger charge is 2.24. The molecule has 0 aromatic rings. The molecule has 7 heteroatoms. The number of allylic oxidation sites excluding steroid dienone is 9. The van der Waals surface area contributed by atoms with E-state index in [-0.39, 0.29) is 12.3 Å². The van der Waals surface area contributed by atoms with Crippen LogP contribution in [-0.2, 0) is 14.9 Å². The van der Waals surface area contributed by atoms with Crippen LogP contribution in [0, 0.1) is 0 Å². The van der Waals surface area contributed by atoms with Crippen LogP contribution in [0.4, 0.5) is 0 Å². The first kappa shape index (κ1) is 45.0. The summed E-state index contributed by atoms with van der Waals surface area (Å²) in [7, 11) is -4.36. The van der Waals surface area contributed by atoms with Crippen LogP contribution in [0.3, 0.4) is 0 Å². The van der Waals surface area contributed by atoms with Gasteiger partial charge in [0.2, 0.25) is 5.91 Å². The quantitative estimate of drug-likeness (QED) is 0.0364. The summed E-state index contributed by atoms with van der Waals surface area (Å²) in [6.07, 6.45) is 46.3. The molecule has 0 spiro atoms. The van der Waals surface area contributed by atoms with Crippen molar-refractivity contribution in [3.8, 4) is 0 Å². The molecule has 0 aliphatic heterocycles. The fourth-order valence-corrected chi connectivity index (χ4v) is 6.01. The van der Waals surface area contributed by atoms with Gasteiger partial charge in [-0.25, -0.2) is 0 Å². The molecule has 1 amide bonds. The van der Waals surface area contributed by atoms with Gasteiger partial charge in [0, 0.05) is 6.42 Å². The Hall–Kier alpha value is -1.96. The van der Waals surface area contributed by atoms with Crippen molar-refractivity contribution in [3.05, 3.63) is 60.8 Å². The average molecular weight is 678 g/mol. The molecule has 0 aromatic carbocycles. The van der Waals surface area contributed by atoms with E-state index in [2.05, 4.69) is 67.8 Å². The van der Waals surface area contributed by atoms with E-state index in [1.165, 1.54) is 83.1 Å². The van der Waals surface area contributed by atoms with Crippen LogP contribution in [-0.4, -0.2) is 41.9 Å². The first-order valence-corrected chi connectivity index (χ1v) is 20.6. The van der Waals surface area contributed by atoms with Crippen molar-refractivity contribution in [2.45, 2.75) is 180 Å². The summed E-state index contributed by atoms with van der Waals surface area (Å²) in [6.45, 7) is 4.47. The van der Waals surface area contributed by atoms with Crippen LogP contribution in [0.2, 0.25) is 0 Å². The van der Waals surface area contributed by atoms with Crippen LogP contribution in [0.5, 0.6) is 0 Å². The molecule has 2 unspecified atom stereocenters. The Morgan fingerprint density at radius 2 is 0.979 bits per heavy atom. The summed E-state index contributed by atoms with van der Waals surface area (Å²) in [4.78, 5) is 12.5. The number of nitrogens with one attached hydrogen (secondary N) is 1. The van der Waals surface area contributed by atoms with Crippen LogP contribution in [0.15, 0.2) is 60.8 Å². The molecule has 0 fully saturated rings. The van der Waals surface area contributed by atoms with E-state index < -0.39 is 28.0 Å². The van der Waals surface area contributed by atoms with Crippen molar-refractivity contribution >= 4 is 16.0 Å². The molecule has 6 nitrogen and oxygen atoms in total. The van der Waals surface area contributed by atoms with Crippen molar-refractivity contribution in [3.63, 3.8) is 0 Å². The standard InChI is InChI=1S/C40H71NO5S/c1-3-5-7-9-11-13-15-17-19-20-22-23-25-27-29-31-33-35-39(42)38(37-47(44,45)46)41-40(43)36-34-32-30-28-26-24-21-18-16-14-12-10-8-6-4-2/h12,14,18-21,25,27,33,35,38-39,42H,3-11,13,15-17,22-24,26,28-32,34,36-37H2,1-2H3,(H,41,43)(H,44,45,46)/b14-12-,20-19+,21-18-,27-25+,35-33+. The second-order valence-corrected chi connectivity index (χ2v) is 14.3. The van der Waals surface area contributed by atoms with E-state index in [9.17, 15) is 22.9 Å². The van der Waals surface area contributed by atoms with Gasteiger partial charge in [-0.3, -0.25) is 9.35 Å². The Labute approximate surface area is 290 Å². The zero-order chi connectivity index (χ0) is 34.7. The second-order valence-electron chi connectivity index (χ2n) is 12.8. The Kier molecular flexibility index (Phi) is 32.5. The number of hydrogen-bond acceptors (Lipinski definition) is 4. The second kappa shape index (κ2) is 33.9. The highest BCUT2D eigenvalue weighted by molar-refractivity contribution is 7.85. The summed E-state index contributed by atoms with van der Waals surface area (Å²) in [5.41, 5.74) is 0. The maximum atomic E-state index is 12.5. The molecule has 3 N–H and O–H groups in total. The molecule has 0 aliphatic carbocycles. The van der Waals surface area contributed by atoms with Gasteiger partial charge in [0.15, 0.2) is 0 Å². The predicted octanol–water partition coefficient (Wildman–Crippen LogP) is 10.9. The van der Waals surface area contributed by atoms with Crippen LogP contribution < -0.4 is 5.32 Å². The molecule has 0 heterocycles. The molecule has 0 saturated carbocycles. The van der Waals surface area contributed by atoms with E-state index in [0.717, 1.165) is 57.8 Å². The molecule has 0 bridgehead atoms. The van der Waals surface area contributed by atoms with Crippen molar-refractivity contribution in [2.75, 3.05) is 5.75 Å². The molecule has 0 aliphatic rings. The van der Waals surface area contributed by atoms with Gasteiger partial charge in [-0.15, -0.1) is 0 Å². The number of carbonyl (C=O) groups is 1. The van der Waals surface area contributed by atoms with Gasteiger partial charge >= 0.3 is 0 Å². The zero-order valence-electron chi connectivity index (χ0n) is 30.1. The predicted molar refractivity (Wildman–Crippen MR) is 202 cm³/mol. The lowest BCUT2D eigenvalue weighted by molar-refractivity contribution is -0.122. The van der Waals surface area contributed by atoms with Crippen LogP contribution in [0.1, 0.15) is 168 Å². The van der Waals surface area contributed by atoms with Crippen molar-refractivity contribution in [1.29, 1.82) is 0 Å². The molecule has 47 heavy (non-hydrogen) atoms. The number of aliphatic hydroxyl groups excluding tert-OH is 1. The smallest absolute Gasteiger partial charge is 0.267 e. The maximum Gasteiger partial charge on any atom is 0.267 e. The highest BCUT2D eigenvalue weighted by Crippen LogP contribution is 2.11. The Balaban J connectivity index is 4.10. The summed E-state index contributed by atoms with van der Waals surface area (Å²) < 4.78 is 32.4. The normalized spacial score (nSPS) is 14.0. The van der Waals surface area contributed by atoms with Gasteiger partial charge in [-0.1, -0.05) is 145 Å². The molecular weight excluding hydrogens is 607 g/mol. The van der Waals surface area contributed by atoms with Crippen molar-refractivity contribution in [2.24, 2.45) is 0 Å². The fraction of sp³-hybridized carbons (Fsp3) is 0.725. The molecule has 0 rings (SSSR count). The van der Waals surface area contributed by atoms with Crippen molar-refractivity contribution < 1.29 is 22.9 Å². The largest absolute Gasteiger partial charge is 0.387 e. The van der Waals surface area contributed by atoms with E-state index >= 15 is 0 Å². The SMILES string of the molecule is CCCCC/C=C\C/C=C\CCCCCCCC(=O)NC(CS(=O)(=O)O)C(O)/C=C/CC/C=C/CC/C=C/CCCCCCCCC. The molecule has 2 atom stereocenters. The summed E-state index contributed by atoms with van der Waals surface area (Å²) in [5, 5.41) is 13.2. The lowest BCUT2D eigenvalue weighted by atomic mass is 10.1. The number of amides is 1. The van der Waals surface area contributed by atoms with Gasteiger partial charge in [-0.05, 0) is 77.0 Å². The van der Waals surface area contributed by atoms with Gasteiger partial charge in [0.25, 0.3) is 10.1 Å². The summed E-state index contributed by atoms with van der Waals surface area (Å²) >= 11 is 0. The number of carbonyl (C=O) groups excluding carboxylic acids is 1. The number of hydrogen-bond donors (Lipinski definition) is 3. The lowest BCUT2D eigenvalue weighted by Gasteiger charge is -2.21. The topological polar surface area (TPSA) is 104 Å². The van der Waals surface area contributed by atoms with E-state index in [0.29, 0.717) is 12.8 Å². The third-order valence-corrected chi connectivity index (χ3v) is 8.92. The van der Waals surface area contributed by atoms with Crippen LogP contribution in [0.25, 0.3) is 0 Å². The fourth-order valence-electron chi connectivity index (χ4n) is 5.27. The zero-order valence-corrected chi connectivity index (χ0v) is 30.9. The number of rotatable bonds is 33. The van der Waals surface area contributed by atoms with Gasteiger partial charge in [0.05, 0.1) is 17.9 Å².